The summed E-state index contributed by atoms with van der Waals surface area (Å²) in [5.41, 5.74) is 2.08. The number of hydrogen-bond acceptors (Lipinski definition) is 3. The molecular formula is C11H12OS2. The normalized spacial score (nSPS) is 11.1. The molecule has 14 heavy (non-hydrogen) atoms. The molecule has 1 nitrogen and oxygen atoms in total. The molecule has 0 aliphatic carbocycles. The minimum absolute atomic E-state index is 0.451. The Labute approximate surface area is 91.7 Å². The molecule has 1 N–H and O–H groups in total. The van der Waals surface area contributed by atoms with Crippen molar-refractivity contribution in [2.45, 2.75) is 20.0 Å². The lowest BCUT2D eigenvalue weighted by Gasteiger charge is -2.09. The summed E-state index contributed by atoms with van der Waals surface area (Å²) in [5.74, 6) is 0. The van der Waals surface area contributed by atoms with Crippen molar-refractivity contribution in [1.29, 1.82) is 0 Å². The van der Waals surface area contributed by atoms with Crippen LogP contribution >= 0.6 is 22.7 Å². The molecule has 2 aromatic heterocycles. The summed E-state index contributed by atoms with van der Waals surface area (Å²) in [4.78, 5) is 2.39. The number of aryl methyl sites for hydroxylation is 2. The maximum Gasteiger partial charge on any atom is 0.106 e. The fraction of sp³-hybridized carbons (Fsp3) is 0.273. The first-order chi connectivity index (χ1) is 6.70. The molecule has 0 radical (unpaired) electrons. The second-order valence-electron chi connectivity index (χ2n) is 3.27. The Morgan fingerprint density at radius 2 is 1.43 bits per heavy atom. The highest BCUT2D eigenvalue weighted by atomic mass is 32.1. The predicted octanol–water partition coefficient (Wildman–Crippen LogP) is 3.51. The molecule has 0 aliphatic rings. The van der Waals surface area contributed by atoms with Gasteiger partial charge in [0.15, 0.2) is 0 Å². The molecule has 74 valence electrons. The first-order valence-corrected chi connectivity index (χ1v) is 6.22. The fourth-order valence-electron chi connectivity index (χ4n) is 1.52. The summed E-state index contributed by atoms with van der Waals surface area (Å²) in [6.45, 7) is 4.09. The molecular weight excluding hydrogens is 212 g/mol. The third-order valence-electron chi connectivity index (χ3n) is 2.39. The predicted molar refractivity (Wildman–Crippen MR) is 62.2 cm³/mol. The molecule has 0 aliphatic heterocycles. The molecule has 2 aromatic rings. The highest BCUT2D eigenvalue weighted by Crippen LogP contribution is 2.31. The van der Waals surface area contributed by atoms with Crippen molar-refractivity contribution in [3.63, 3.8) is 0 Å². The van der Waals surface area contributed by atoms with Crippen LogP contribution in [0.1, 0.15) is 27.0 Å². The summed E-state index contributed by atoms with van der Waals surface area (Å²) < 4.78 is 0. The molecule has 0 amide bonds. The van der Waals surface area contributed by atoms with Gasteiger partial charge in [-0.3, -0.25) is 0 Å². The van der Waals surface area contributed by atoms with Gasteiger partial charge >= 0.3 is 0 Å². The monoisotopic (exact) mass is 224 g/mol. The molecule has 0 aromatic carbocycles. The SMILES string of the molecule is Cc1sccc1C(O)c1ccsc1C. The third kappa shape index (κ3) is 1.63. The van der Waals surface area contributed by atoms with Crippen molar-refractivity contribution in [3.8, 4) is 0 Å². The summed E-state index contributed by atoms with van der Waals surface area (Å²) in [6, 6.07) is 4.00. The van der Waals surface area contributed by atoms with Crippen LogP contribution < -0.4 is 0 Å². The largest absolute Gasteiger partial charge is 0.384 e. The number of aliphatic hydroxyl groups excluding tert-OH is 1. The first kappa shape index (κ1) is 9.90. The van der Waals surface area contributed by atoms with Crippen molar-refractivity contribution < 1.29 is 5.11 Å². The molecule has 0 atom stereocenters. The summed E-state index contributed by atoms with van der Waals surface area (Å²) in [5, 5.41) is 14.2. The van der Waals surface area contributed by atoms with Gasteiger partial charge in [0.05, 0.1) is 0 Å². The molecule has 2 heterocycles. The summed E-state index contributed by atoms with van der Waals surface area (Å²) in [7, 11) is 0. The van der Waals surface area contributed by atoms with Crippen LogP contribution in [0.3, 0.4) is 0 Å². The lowest BCUT2D eigenvalue weighted by Crippen LogP contribution is -1.99. The van der Waals surface area contributed by atoms with E-state index in [4.69, 9.17) is 0 Å². The Bertz CT molecular complexity index is 388. The number of aliphatic hydroxyl groups is 1. The van der Waals surface area contributed by atoms with Crippen LogP contribution in [0.5, 0.6) is 0 Å². The van der Waals surface area contributed by atoms with Gasteiger partial charge in [-0.1, -0.05) is 0 Å². The molecule has 0 bridgehead atoms. The van der Waals surface area contributed by atoms with Crippen LogP contribution in [0, 0.1) is 13.8 Å². The van der Waals surface area contributed by atoms with Crippen molar-refractivity contribution in [1.82, 2.24) is 0 Å². The number of hydrogen-bond donors (Lipinski definition) is 1. The van der Waals surface area contributed by atoms with Crippen molar-refractivity contribution in [2.75, 3.05) is 0 Å². The average molecular weight is 224 g/mol. The highest BCUT2D eigenvalue weighted by Gasteiger charge is 2.16. The maximum atomic E-state index is 10.1. The average Bonchev–Trinajstić information content (AvgIpc) is 2.73. The Morgan fingerprint density at radius 1 is 1.00 bits per heavy atom. The minimum atomic E-state index is -0.451. The third-order valence-corrected chi connectivity index (χ3v) is 4.11. The van der Waals surface area contributed by atoms with E-state index >= 15 is 0 Å². The van der Waals surface area contributed by atoms with Crippen LogP contribution in [-0.4, -0.2) is 5.11 Å². The van der Waals surface area contributed by atoms with Gasteiger partial charge in [0.25, 0.3) is 0 Å². The van der Waals surface area contributed by atoms with Crippen molar-refractivity contribution in [3.05, 3.63) is 43.8 Å². The van der Waals surface area contributed by atoms with E-state index < -0.39 is 6.10 Å². The summed E-state index contributed by atoms with van der Waals surface area (Å²) in [6.07, 6.45) is -0.451. The second-order valence-corrected chi connectivity index (χ2v) is 5.51. The molecule has 0 spiro atoms. The van der Waals surface area contributed by atoms with E-state index in [2.05, 4.69) is 0 Å². The topological polar surface area (TPSA) is 20.2 Å². The van der Waals surface area contributed by atoms with E-state index in [1.54, 1.807) is 22.7 Å². The van der Waals surface area contributed by atoms with Crippen molar-refractivity contribution >= 4 is 22.7 Å². The van der Waals surface area contributed by atoms with E-state index in [0.717, 1.165) is 11.1 Å². The number of thiophene rings is 2. The van der Waals surface area contributed by atoms with Gasteiger partial charge in [0.1, 0.15) is 6.10 Å². The summed E-state index contributed by atoms with van der Waals surface area (Å²) >= 11 is 3.36. The molecule has 2 rings (SSSR count). The Balaban J connectivity index is 2.38. The van der Waals surface area contributed by atoms with Gasteiger partial charge < -0.3 is 5.11 Å². The van der Waals surface area contributed by atoms with E-state index in [9.17, 15) is 5.11 Å². The van der Waals surface area contributed by atoms with Gasteiger partial charge in [0.2, 0.25) is 0 Å². The Hall–Kier alpha value is -0.640. The van der Waals surface area contributed by atoms with Crippen molar-refractivity contribution in [2.24, 2.45) is 0 Å². The van der Waals surface area contributed by atoms with E-state index in [1.165, 1.54) is 9.75 Å². The zero-order valence-corrected chi connectivity index (χ0v) is 9.78. The van der Waals surface area contributed by atoms with E-state index in [1.807, 2.05) is 36.7 Å². The van der Waals surface area contributed by atoms with Gasteiger partial charge in [-0.15, -0.1) is 22.7 Å². The lowest BCUT2D eigenvalue weighted by molar-refractivity contribution is 0.220. The Morgan fingerprint density at radius 3 is 1.71 bits per heavy atom. The molecule has 0 saturated heterocycles. The maximum absolute atomic E-state index is 10.1. The van der Waals surface area contributed by atoms with Crippen LogP contribution in [-0.2, 0) is 0 Å². The zero-order valence-electron chi connectivity index (χ0n) is 8.15. The van der Waals surface area contributed by atoms with Crippen LogP contribution in [0.2, 0.25) is 0 Å². The van der Waals surface area contributed by atoms with Crippen LogP contribution in [0.4, 0.5) is 0 Å². The molecule has 0 saturated carbocycles. The standard InChI is InChI=1S/C11H12OS2/c1-7-9(3-5-13-7)11(12)10-4-6-14-8(10)2/h3-6,11-12H,1-2H3. The van der Waals surface area contributed by atoms with Crippen LogP contribution in [0.25, 0.3) is 0 Å². The lowest BCUT2D eigenvalue weighted by atomic mass is 10.0. The highest BCUT2D eigenvalue weighted by molar-refractivity contribution is 7.10. The van der Waals surface area contributed by atoms with Gasteiger partial charge in [-0.2, -0.15) is 0 Å². The van der Waals surface area contributed by atoms with Gasteiger partial charge in [-0.25, -0.2) is 0 Å². The zero-order chi connectivity index (χ0) is 10.1. The minimum Gasteiger partial charge on any atom is -0.384 e. The second kappa shape index (κ2) is 3.85. The van der Waals surface area contributed by atoms with Crippen LogP contribution in [0.15, 0.2) is 22.9 Å². The quantitative estimate of drug-likeness (QED) is 0.827. The fourth-order valence-corrected chi connectivity index (χ4v) is 2.99. The molecule has 0 fully saturated rings. The smallest absolute Gasteiger partial charge is 0.106 e. The van der Waals surface area contributed by atoms with Gasteiger partial charge in [0, 0.05) is 9.75 Å². The molecule has 3 heteroatoms. The number of rotatable bonds is 2. The molecule has 0 unspecified atom stereocenters. The van der Waals surface area contributed by atoms with E-state index in [0.29, 0.717) is 0 Å². The van der Waals surface area contributed by atoms with Gasteiger partial charge in [-0.05, 0) is 47.9 Å². The first-order valence-electron chi connectivity index (χ1n) is 4.46. The van der Waals surface area contributed by atoms with E-state index in [-0.39, 0.29) is 0 Å². The Kier molecular flexibility index (Phi) is 2.72.